The van der Waals surface area contributed by atoms with Gasteiger partial charge in [-0.05, 0) is 49.8 Å². The van der Waals surface area contributed by atoms with Crippen LogP contribution in [0.2, 0.25) is 0 Å². The second-order valence-corrected chi connectivity index (χ2v) is 6.54. The van der Waals surface area contributed by atoms with Crippen LogP contribution in [0.1, 0.15) is 30.4 Å². The van der Waals surface area contributed by atoms with E-state index in [4.69, 9.17) is 9.47 Å². The van der Waals surface area contributed by atoms with E-state index in [1.54, 1.807) is 0 Å². The Hall–Kier alpha value is -1.17. The van der Waals surface area contributed by atoms with Crippen molar-refractivity contribution in [2.45, 2.75) is 44.8 Å². The zero-order valence-electron chi connectivity index (χ0n) is 13.8. The second-order valence-electron chi connectivity index (χ2n) is 6.54. The van der Waals surface area contributed by atoms with Crippen LogP contribution in [0.15, 0.2) is 12.1 Å². The van der Waals surface area contributed by atoms with Crippen LogP contribution < -0.4 is 4.90 Å². The van der Waals surface area contributed by atoms with Crippen LogP contribution in [0.4, 0.5) is 10.1 Å². The van der Waals surface area contributed by atoms with Gasteiger partial charge in [0.1, 0.15) is 5.82 Å². The van der Waals surface area contributed by atoms with Gasteiger partial charge in [0.2, 0.25) is 0 Å². The number of nitrogens with zero attached hydrogens (tertiary/aromatic N) is 1. The molecule has 0 spiro atoms. The van der Waals surface area contributed by atoms with E-state index in [1.807, 2.05) is 17.9 Å². The summed E-state index contributed by atoms with van der Waals surface area (Å²) >= 11 is 0. The van der Waals surface area contributed by atoms with Crippen molar-refractivity contribution < 1.29 is 19.0 Å². The SMILES string of the molecule is Cc1ccc(F)c2c1CCCN2CC(O)COC1CCOCC1. The predicted octanol–water partition coefficient (Wildman–Crippen LogP) is 2.44. The van der Waals surface area contributed by atoms with Gasteiger partial charge in [-0.25, -0.2) is 4.39 Å². The first kappa shape index (κ1) is 16.7. The Morgan fingerprint density at radius 2 is 2.17 bits per heavy atom. The van der Waals surface area contributed by atoms with Crippen LogP contribution in [-0.2, 0) is 15.9 Å². The summed E-state index contributed by atoms with van der Waals surface area (Å²) in [5, 5.41) is 10.3. The molecule has 0 radical (unpaired) electrons. The molecule has 0 bridgehead atoms. The lowest BCUT2D eigenvalue weighted by molar-refractivity contribution is -0.0575. The maximum atomic E-state index is 14.3. The van der Waals surface area contributed by atoms with Gasteiger partial charge in [-0.1, -0.05) is 6.07 Å². The number of hydrogen-bond donors (Lipinski definition) is 1. The van der Waals surface area contributed by atoms with Gasteiger partial charge in [0.25, 0.3) is 0 Å². The number of aliphatic hydroxyl groups excluding tert-OH is 1. The van der Waals surface area contributed by atoms with Gasteiger partial charge >= 0.3 is 0 Å². The first-order chi connectivity index (χ1) is 11.1. The molecule has 0 saturated carbocycles. The number of rotatable bonds is 5. The molecule has 1 aromatic carbocycles. The minimum atomic E-state index is -0.608. The molecule has 1 saturated heterocycles. The Morgan fingerprint density at radius 1 is 1.39 bits per heavy atom. The van der Waals surface area contributed by atoms with Crippen molar-refractivity contribution in [1.82, 2.24) is 0 Å². The summed E-state index contributed by atoms with van der Waals surface area (Å²) in [7, 11) is 0. The van der Waals surface area contributed by atoms with Gasteiger partial charge in [0.05, 0.1) is 24.5 Å². The van der Waals surface area contributed by atoms with Crippen molar-refractivity contribution in [2.75, 3.05) is 37.8 Å². The first-order valence-electron chi connectivity index (χ1n) is 8.55. The van der Waals surface area contributed by atoms with E-state index in [2.05, 4.69) is 0 Å². The molecule has 0 aromatic heterocycles. The summed E-state index contributed by atoms with van der Waals surface area (Å²) in [6.07, 6.45) is 3.23. The lowest BCUT2D eigenvalue weighted by Gasteiger charge is -2.34. The van der Waals surface area contributed by atoms with Crippen LogP contribution in [0, 0.1) is 12.7 Å². The zero-order valence-corrected chi connectivity index (χ0v) is 13.8. The number of hydrogen-bond acceptors (Lipinski definition) is 4. The van der Waals surface area contributed by atoms with E-state index in [-0.39, 0.29) is 11.9 Å². The molecule has 1 unspecified atom stereocenters. The molecule has 23 heavy (non-hydrogen) atoms. The zero-order chi connectivity index (χ0) is 16.2. The highest BCUT2D eigenvalue weighted by Crippen LogP contribution is 2.32. The van der Waals surface area contributed by atoms with Crippen molar-refractivity contribution in [1.29, 1.82) is 0 Å². The van der Waals surface area contributed by atoms with E-state index >= 15 is 0 Å². The molecule has 2 heterocycles. The van der Waals surface area contributed by atoms with Crippen LogP contribution >= 0.6 is 0 Å². The van der Waals surface area contributed by atoms with E-state index in [0.29, 0.717) is 18.8 Å². The summed E-state index contributed by atoms with van der Waals surface area (Å²) in [6, 6.07) is 3.36. The molecule has 0 amide bonds. The minimum absolute atomic E-state index is 0.172. The third-order valence-electron chi connectivity index (χ3n) is 4.76. The summed E-state index contributed by atoms with van der Waals surface area (Å²) in [4.78, 5) is 1.97. The van der Waals surface area contributed by atoms with E-state index < -0.39 is 6.10 Å². The number of aliphatic hydroxyl groups is 1. The van der Waals surface area contributed by atoms with Crippen LogP contribution in [0.25, 0.3) is 0 Å². The maximum absolute atomic E-state index is 14.3. The van der Waals surface area contributed by atoms with Crippen LogP contribution in [0.5, 0.6) is 0 Å². The number of β-amino-alcohol motifs (C(OH)–C–C–N with tert-alkyl or cyclic N) is 1. The van der Waals surface area contributed by atoms with Crippen molar-refractivity contribution in [3.8, 4) is 0 Å². The van der Waals surface area contributed by atoms with Gasteiger partial charge in [-0.15, -0.1) is 0 Å². The average Bonchev–Trinajstić information content (AvgIpc) is 2.57. The topological polar surface area (TPSA) is 41.9 Å². The lowest BCUT2D eigenvalue weighted by atomic mass is 9.96. The highest BCUT2D eigenvalue weighted by molar-refractivity contribution is 5.59. The molecule has 4 nitrogen and oxygen atoms in total. The molecular formula is C18H26FNO3. The molecule has 1 fully saturated rings. The highest BCUT2D eigenvalue weighted by Gasteiger charge is 2.24. The van der Waals surface area contributed by atoms with Crippen molar-refractivity contribution >= 4 is 5.69 Å². The molecule has 1 N–H and O–H groups in total. The average molecular weight is 323 g/mol. The van der Waals surface area contributed by atoms with Gasteiger partial charge in [-0.2, -0.15) is 0 Å². The van der Waals surface area contributed by atoms with Gasteiger partial charge in [-0.3, -0.25) is 0 Å². The van der Waals surface area contributed by atoms with Crippen LogP contribution in [0.3, 0.4) is 0 Å². The predicted molar refractivity (Wildman–Crippen MR) is 87.5 cm³/mol. The summed E-state index contributed by atoms with van der Waals surface area (Å²) in [5.41, 5.74) is 2.87. The number of aryl methyl sites for hydroxylation is 1. The third kappa shape index (κ3) is 4.03. The number of anilines is 1. The Balaban J connectivity index is 1.59. The fourth-order valence-corrected chi connectivity index (χ4v) is 3.50. The Kier molecular flexibility index (Phi) is 5.51. The Labute approximate surface area is 137 Å². The molecule has 128 valence electrons. The van der Waals surface area contributed by atoms with Crippen molar-refractivity contribution in [3.05, 3.63) is 29.1 Å². The smallest absolute Gasteiger partial charge is 0.146 e. The fraction of sp³-hybridized carbons (Fsp3) is 0.667. The van der Waals surface area contributed by atoms with E-state index in [9.17, 15) is 9.50 Å². The van der Waals surface area contributed by atoms with E-state index in [1.165, 1.54) is 6.07 Å². The molecule has 1 aromatic rings. The molecule has 2 aliphatic rings. The molecule has 2 aliphatic heterocycles. The van der Waals surface area contributed by atoms with Gasteiger partial charge in [0, 0.05) is 26.3 Å². The van der Waals surface area contributed by atoms with Gasteiger partial charge < -0.3 is 19.5 Å². The van der Waals surface area contributed by atoms with Gasteiger partial charge in [0.15, 0.2) is 0 Å². The molecule has 3 rings (SSSR count). The quantitative estimate of drug-likeness (QED) is 0.904. The normalized spacial score (nSPS) is 20.4. The fourth-order valence-electron chi connectivity index (χ4n) is 3.50. The number of fused-ring (bicyclic) bond motifs is 1. The van der Waals surface area contributed by atoms with Crippen molar-refractivity contribution in [3.63, 3.8) is 0 Å². The van der Waals surface area contributed by atoms with E-state index in [0.717, 1.165) is 56.6 Å². The number of halogens is 1. The summed E-state index contributed by atoms with van der Waals surface area (Å²) in [6.45, 7) is 4.96. The molecule has 1 atom stereocenters. The second kappa shape index (κ2) is 7.60. The van der Waals surface area contributed by atoms with Crippen molar-refractivity contribution in [2.24, 2.45) is 0 Å². The number of ether oxygens (including phenoxy) is 2. The number of benzene rings is 1. The molecular weight excluding hydrogens is 297 g/mol. The Bertz CT molecular complexity index is 531. The lowest BCUT2D eigenvalue weighted by Crippen LogP contribution is -2.40. The standard InChI is InChI=1S/C18H26FNO3/c1-13-4-5-17(19)18-16(13)3-2-8-20(18)11-14(21)12-23-15-6-9-22-10-7-15/h4-5,14-15,21H,2-3,6-12H2,1H3. The monoisotopic (exact) mass is 323 g/mol. The summed E-state index contributed by atoms with van der Waals surface area (Å²) < 4.78 is 25.3. The first-order valence-corrected chi connectivity index (χ1v) is 8.55. The summed E-state index contributed by atoms with van der Waals surface area (Å²) in [5.74, 6) is -0.192. The highest BCUT2D eigenvalue weighted by atomic mass is 19.1. The third-order valence-corrected chi connectivity index (χ3v) is 4.76. The molecule has 5 heteroatoms. The minimum Gasteiger partial charge on any atom is -0.389 e. The molecule has 0 aliphatic carbocycles. The largest absolute Gasteiger partial charge is 0.389 e. The Morgan fingerprint density at radius 3 is 2.96 bits per heavy atom. The maximum Gasteiger partial charge on any atom is 0.146 e. The van der Waals surface area contributed by atoms with Crippen LogP contribution in [-0.4, -0.2) is 50.2 Å².